The van der Waals surface area contributed by atoms with Gasteiger partial charge in [-0.25, -0.2) is 19.6 Å². The summed E-state index contributed by atoms with van der Waals surface area (Å²) in [6, 6.07) is 7.92. The van der Waals surface area contributed by atoms with Crippen molar-refractivity contribution in [1.29, 1.82) is 0 Å². The van der Waals surface area contributed by atoms with Crippen LogP contribution in [0.1, 0.15) is 16.1 Å². The van der Waals surface area contributed by atoms with Gasteiger partial charge in [0.15, 0.2) is 11.6 Å². The predicted molar refractivity (Wildman–Crippen MR) is 112 cm³/mol. The van der Waals surface area contributed by atoms with Crippen LogP contribution in [0.4, 0.5) is 16.2 Å². The Morgan fingerprint density at radius 2 is 2.10 bits per heavy atom. The Morgan fingerprint density at radius 3 is 2.84 bits per heavy atom. The van der Waals surface area contributed by atoms with Crippen LogP contribution in [0.3, 0.4) is 0 Å². The van der Waals surface area contributed by atoms with Gasteiger partial charge in [0.25, 0.3) is 0 Å². The van der Waals surface area contributed by atoms with Crippen molar-refractivity contribution in [2.45, 2.75) is 0 Å². The summed E-state index contributed by atoms with van der Waals surface area (Å²) in [6.45, 7) is 2.11. The van der Waals surface area contributed by atoms with Crippen molar-refractivity contribution in [2.75, 3.05) is 36.6 Å². The third-order valence-electron chi connectivity index (χ3n) is 4.50. The predicted octanol–water partition coefficient (Wildman–Crippen LogP) is 3.51. The highest BCUT2D eigenvalue weighted by atomic mass is 35.5. The summed E-state index contributed by atoms with van der Waals surface area (Å²) in [4.78, 5) is 20.9. The molecule has 4 rings (SSSR count). The van der Waals surface area contributed by atoms with Crippen LogP contribution in [0, 0.1) is 5.82 Å². The number of morpholine rings is 1. The van der Waals surface area contributed by atoms with E-state index in [4.69, 9.17) is 25.9 Å². The molecule has 0 radical (unpaired) electrons. The van der Waals surface area contributed by atoms with Crippen LogP contribution in [0.2, 0.25) is 5.02 Å². The Bertz CT molecular complexity index is 1130. The van der Waals surface area contributed by atoms with E-state index in [1.165, 1.54) is 18.3 Å². The standard InChI is InChI=1S/C20H17ClFN5O4/c21-15-9-12(1-3-14(15)19(28)29)17-4-2-13(31-17)10-24-26-20-23-11-16(22)18(25-20)27-5-7-30-8-6-27/h1-4,9-11H,5-8H2,(H,28,29)(H,23,25,26)/b24-10+. The second kappa shape index (κ2) is 9.11. The maximum Gasteiger partial charge on any atom is 0.337 e. The lowest BCUT2D eigenvalue weighted by molar-refractivity contribution is 0.0697. The number of nitrogens with zero attached hydrogens (tertiary/aromatic N) is 4. The molecule has 3 heterocycles. The summed E-state index contributed by atoms with van der Waals surface area (Å²) in [6.07, 6.45) is 2.50. The van der Waals surface area contributed by atoms with Gasteiger partial charge in [-0.2, -0.15) is 10.1 Å². The van der Waals surface area contributed by atoms with Gasteiger partial charge in [-0.1, -0.05) is 17.7 Å². The third-order valence-corrected chi connectivity index (χ3v) is 4.82. The van der Waals surface area contributed by atoms with Crippen LogP contribution in [0.5, 0.6) is 0 Å². The van der Waals surface area contributed by atoms with Gasteiger partial charge in [-0.3, -0.25) is 0 Å². The number of aromatic nitrogens is 2. The number of halogens is 2. The minimum atomic E-state index is -1.10. The molecule has 0 bridgehead atoms. The number of carbonyl (C=O) groups is 1. The van der Waals surface area contributed by atoms with Crippen LogP contribution in [0.15, 0.2) is 46.0 Å². The number of aromatic carboxylic acids is 1. The first-order chi connectivity index (χ1) is 15.0. The number of rotatable bonds is 6. The molecule has 0 saturated carbocycles. The van der Waals surface area contributed by atoms with E-state index in [0.29, 0.717) is 43.4 Å². The quantitative estimate of drug-likeness (QED) is 0.437. The maximum absolute atomic E-state index is 14.1. The second-order valence-electron chi connectivity index (χ2n) is 6.54. The molecule has 2 N–H and O–H groups in total. The number of carboxylic acids is 1. The number of carboxylic acid groups (broad SMARTS) is 1. The molecule has 11 heteroatoms. The summed E-state index contributed by atoms with van der Waals surface area (Å²) in [5.41, 5.74) is 3.29. The lowest BCUT2D eigenvalue weighted by Gasteiger charge is -2.27. The summed E-state index contributed by atoms with van der Waals surface area (Å²) < 4.78 is 25.0. The van der Waals surface area contributed by atoms with Crippen LogP contribution in [-0.4, -0.2) is 53.6 Å². The zero-order valence-electron chi connectivity index (χ0n) is 16.1. The van der Waals surface area contributed by atoms with Gasteiger partial charge in [0, 0.05) is 18.7 Å². The van der Waals surface area contributed by atoms with Crippen molar-refractivity contribution in [3.05, 3.63) is 58.7 Å². The molecule has 9 nitrogen and oxygen atoms in total. The SMILES string of the molecule is O=C(O)c1ccc(-c2ccc(/C=N/Nc3ncc(F)c(N4CCOCC4)n3)o2)cc1Cl. The Labute approximate surface area is 181 Å². The number of benzene rings is 1. The molecule has 0 unspecified atom stereocenters. The topological polar surface area (TPSA) is 113 Å². The van der Waals surface area contributed by atoms with E-state index in [1.54, 1.807) is 23.1 Å². The Kier molecular flexibility index (Phi) is 6.10. The molecular weight excluding hydrogens is 429 g/mol. The third kappa shape index (κ3) is 4.81. The number of hydrogen-bond acceptors (Lipinski definition) is 8. The van der Waals surface area contributed by atoms with E-state index in [0.717, 1.165) is 6.20 Å². The van der Waals surface area contributed by atoms with Gasteiger partial charge in [-0.05, 0) is 24.3 Å². The van der Waals surface area contributed by atoms with E-state index >= 15 is 0 Å². The van der Waals surface area contributed by atoms with E-state index < -0.39 is 11.8 Å². The molecule has 0 amide bonds. The van der Waals surface area contributed by atoms with Crippen LogP contribution in [0.25, 0.3) is 11.3 Å². The molecular formula is C20H17ClFN5O4. The lowest BCUT2D eigenvalue weighted by Crippen LogP contribution is -2.37. The Balaban J connectivity index is 1.44. The fourth-order valence-electron chi connectivity index (χ4n) is 2.98. The van der Waals surface area contributed by atoms with Crippen molar-refractivity contribution in [3.8, 4) is 11.3 Å². The van der Waals surface area contributed by atoms with Crippen molar-refractivity contribution < 1.29 is 23.4 Å². The van der Waals surface area contributed by atoms with Gasteiger partial charge in [-0.15, -0.1) is 0 Å². The number of hydrogen-bond donors (Lipinski definition) is 2. The Hall–Kier alpha value is -3.50. The summed E-state index contributed by atoms with van der Waals surface area (Å²) >= 11 is 6.00. The van der Waals surface area contributed by atoms with Crippen LogP contribution in [-0.2, 0) is 4.74 Å². The fraction of sp³-hybridized carbons (Fsp3) is 0.200. The first kappa shape index (κ1) is 20.8. The smallest absolute Gasteiger partial charge is 0.337 e. The van der Waals surface area contributed by atoms with Crippen LogP contribution < -0.4 is 10.3 Å². The first-order valence-corrected chi connectivity index (χ1v) is 9.66. The number of ether oxygens (including phenoxy) is 1. The van der Waals surface area contributed by atoms with Gasteiger partial charge >= 0.3 is 5.97 Å². The molecule has 0 aliphatic carbocycles. The van der Waals surface area contributed by atoms with E-state index in [9.17, 15) is 9.18 Å². The zero-order valence-corrected chi connectivity index (χ0v) is 16.8. The number of anilines is 2. The highest BCUT2D eigenvalue weighted by Gasteiger charge is 2.17. The monoisotopic (exact) mass is 445 g/mol. The maximum atomic E-state index is 14.1. The average Bonchev–Trinajstić information content (AvgIpc) is 3.24. The van der Waals surface area contributed by atoms with Gasteiger partial charge < -0.3 is 19.2 Å². The van der Waals surface area contributed by atoms with Crippen molar-refractivity contribution in [1.82, 2.24) is 9.97 Å². The Morgan fingerprint density at radius 1 is 1.29 bits per heavy atom. The molecule has 2 aromatic heterocycles. The van der Waals surface area contributed by atoms with E-state index in [2.05, 4.69) is 20.5 Å². The molecule has 3 aromatic rings. The van der Waals surface area contributed by atoms with Crippen LogP contribution >= 0.6 is 11.6 Å². The van der Waals surface area contributed by atoms with Crippen molar-refractivity contribution in [3.63, 3.8) is 0 Å². The highest BCUT2D eigenvalue weighted by Crippen LogP contribution is 2.27. The minimum Gasteiger partial charge on any atom is -0.478 e. The molecule has 1 fully saturated rings. The molecule has 0 spiro atoms. The normalized spacial score (nSPS) is 14.2. The second-order valence-corrected chi connectivity index (χ2v) is 6.94. The number of furan rings is 1. The van der Waals surface area contributed by atoms with E-state index in [-0.39, 0.29) is 22.4 Å². The fourth-order valence-corrected chi connectivity index (χ4v) is 3.24. The van der Waals surface area contributed by atoms with Crippen molar-refractivity contribution >= 4 is 35.6 Å². The van der Waals surface area contributed by atoms with Crippen molar-refractivity contribution in [2.24, 2.45) is 5.10 Å². The van der Waals surface area contributed by atoms with E-state index in [1.807, 2.05) is 0 Å². The summed E-state index contributed by atoms with van der Waals surface area (Å²) in [7, 11) is 0. The highest BCUT2D eigenvalue weighted by molar-refractivity contribution is 6.33. The molecule has 0 atom stereocenters. The number of nitrogens with one attached hydrogen (secondary N) is 1. The molecule has 160 valence electrons. The molecule has 1 aliphatic heterocycles. The van der Waals surface area contributed by atoms with Gasteiger partial charge in [0.05, 0.1) is 36.2 Å². The average molecular weight is 446 g/mol. The number of hydrazone groups is 1. The largest absolute Gasteiger partial charge is 0.478 e. The zero-order chi connectivity index (χ0) is 21.8. The molecule has 1 aliphatic rings. The first-order valence-electron chi connectivity index (χ1n) is 9.28. The molecule has 31 heavy (non-hydrogen) atoms. The summed E-state index contributed by atoms with van der Waals surface area (Å²) in [5, 5.41) is 13.2. The lowest BCUT2D eigenvalue weighted by atomic mass is 10.1. The van der Waals surface area contributed by atoms with Gasteiger partial charge in [0.1, 0.15) is 11.5 Å². The van der Waals surface area contributed by atoms with Gasteiger partial charge in [0.2, 0.25) is 5.95 Å². The molecule has 1 aromatic carbocycles. The summed E-state index contributed by atoms with van der Waals surface area (Å²) in [5.74, 6) is -0.362. The minimum absolute atomic E-state index is 0.0127. The molecule has 1 saturated heterocycles.